The van der Waals surface area contributed by atoms with Gasteiger partial charge in [-0.05, 0) is 43.7 Å². The molecule has 0 unspecified atom stereocenters. The van der Waals surface area contributed by atoms with Crippen molar-refractivity contribution in [2.75, 3.05) is 6.54 Å². The predicted molar refractivity (Wildman–Crippen MR) is 73.0 cm³/mol. The van der Waals surface area contributed by atoms with E-state index in [4.69, 9.17) is 5.73 Å². The minimum absolute atomic E-state index is 0.0625. The van der Waals surface area contributed by atoms with Crippen LogP contribution in [0.15, 0.2) is 18.3 Å². The van der Waals surface area contributed by atoms with Crippen LogP contribution in [-0.2, 0) is 11.3 Å². The van der Waals surface area contributed by atoms with Crippen molar-refractivity contribution in [1.82, 2.24) is 15.5 Å². The van der Waals surface area contributed by atoms with Crippen LogP contribution in [0.25, 0.3) is 0 Å². The van der Waals surface area contributed by atoms with Crippen LogP contribution in [0.4, 0.5) is 0 Å². The third-order valence-corrected chi connectivity index (χ3v) is 4.16. The monoisotopic (exact) mass is 262 g/mol. The van der Waals surface area contributed by atoms with Crippen molar-refractivity contribution in [3.63, 3.8) is 0 Å². The largest absolute Gasteiger partial charge is 0.350 e. The fourth-order valence-corrected chi connectivity index (χ4v) is 2.62. The molecule has 19 heavy (non-hydrogen) atoms. The van der Waals surface area contributed by atoms with Gasteiger partial charge >= 0.3 is 0 Å². The highest BCUT2D eigenvalue weighted by atomic mass is 16.2. The molecule has 3 N–H and O–H groups in total. The predicted octanol–water partition coefficient (Wildman–Crippen LogP) is 1.25. The molecule has 5 heteroatoms. The summed E-state index contributed by atoms with van der Waals surface area (Å²) in [7, 11) is 0. The van der Waals surface area contributed by atoms with Gasteiger partial charge in [-0.2, -0.15) is 10.2 Å². The first kappa shape index (κ1) is 13.9. The molecule has 1 fully saturated rings. The summed E-state index contributed by atoms with van der Waals surface area (Å²) in [6.45, 7) is 3.08. The van der Waals surface area contributed by atoms with Crippen LogP contribution >= 0.6 is 0 Å². The van der Waals surface area contributed by atoms with E-state index in [1.807, 2.05) is 12.1 Å². The highest BCUT2D eigenvalue weighted by Gasteiger charge is 2.39. The zero-order valence-corrected chi connectivity index (χ0v) is 11.4. The molecule has 2 rings (SSSR count). The van der Waals surface area contributed by atoms with E-state index in [1.165, 1.54) is 0 Å². The highest BCUT2D eigenvalue weighted by Crippen LogP contribution is 2.38. The topological polar surface area (TPSA) is 80.9 Å². The third kappa shape index (κ3) is 3.29. The van der Waals surface area contributed by atoms with Crippen molar-refractivity contribution < 1.29 is 4.79 Å². The lowest BCUT2D eigenvalue weighted by Gasteiger charge is -2.37. The van der Waals surface area contributed by atoms with Crippen LogP contribution in [-0.4, -0.2) is 22.6 Å². The normalized spacial score (nSPS) is 26.9. The maximum Gasteiger partial charge on any atom is 0.227 e. The first-order valence-corrected chi connectivity index (χ1v) is 6.91. The number of aromatic nitrogens is 2. The maximum atomic E-state index is 12.4. The molecule has 0 atom stereocenters. The van der Waals surface area contributed by atoms with E-state index in [-0.39, 0.29) is 11.3 Å². The van der Waals surface area contributed by atoms with Gasteiger partial charge in [0.1, 0.15) is 0 Å². The smallest absolute Gasteiger partial charge is 0.227 e. The summed E-state index contributed by atoms with van der Waals surface area (Å²) in [4.78, 5) is 12.4. The number of amides is 1. The van der Waals surface area contributed by atoms with Crippen LogP contribution in [0.5, 0.6) is 0 Å². The standard InChI is InChI=1S/C14H22N4O/c1-11-4-6-14(10-15,7-5-11)13(19)16-9-12-3-2-8-17-18-12/h2-3,8,11H,4-7,9-10,15H2,1H3,(H,16,19). The second kappa shape index (κ2) is 6.10. The van der Waals surface area contributed by atoms with Crippen LogP contribution < -0.4 is 11.1 Å². The van der Waals surface area contributed by atoms with Crippen LogP contribution in [0.1, 0.15) is 38.3 Å². The number of hydrogen-bond acceptors (Lipinski definition) is 4. The zero-order chi connectivity index (χ0) is 13.7. The summed E-state index contributed by atoms with van der Waals surface area (Å²) in [5.74, 6) is 0.764. The Labute approximate surface area is 114 Å². The van der Waals surface area contributed by atoms with Gasteiger partial charge in [-0.3, -0.25) is 4.79 Å². The van der Waals surface area contributed by atoms with Gasteiger partial charge in [0, 0.05) is 12.7 Å². The Morgan fingerprint density at radius 3 is 2.84 bits per heavy atom. The van der Waals surface area contributed by atoms with E-state index in [9.17, 15) is 4.79 Å². The number of hydrogen-bond donors (Lipinski definition) is 2. The molecule has 1 aromatic heterocycles. The van der Waals surface area contributed by atoms with E-state index in [0.717, 1.165) is 31.4 Å². The molecule has 1 amide bonds. The quantitative estimate of drug-likeness (QED) is 0.855. The summed E-state index contributed by atoms with van der Waals surface area (Å²) < 4.78 is 0. The number of nitrogens with one attached hydrogen (secondary N) is 1. The van der Waals surface area contributed by atoms with E-state index in [1.54, 1.807) is 6.20 Å². The Morgan fingerprint density at radius 2 is 2.26 bits per heavy atom. The average Bonchev–Trinajstić information content (AvgIpc) is 2.47. The fourth-order valence-electron chi connectivity index (χ4n) is 2.62. The minimum atomic E-state index is -0.380. The van der Waals surface area contributed by atoms with Gasteiger partial charge in [-0.25, -0.2) is 0 Å². The molecule has 1 aliphatic rings. The van der Waals surface area contributed by atoms with Gasteiger partial charge < -0.3 is 11.1 Å². The molecule has 0 aliphatic heterocycles. The molecule has 0 aromatic carbocycles. The molecule has 1 heterocycles. The molecule has 104 valence electrons. The minimum Gasteiger partial charge on any atom is -0.350 e. The Morgan fingerprint density at radius 1 is 1.53 bits per heavy atom. The fraction of sp³-hybridized carbons (Fsp3) is 0.643. The van der Waals surface area contributed by atoms with Crippen molar-refractivity contribution in [2.45, 2.75) is 39.2 Å². The Hall–Kier alpha value is -1.49. The lowest BCUT2D eigenvalue weighted by molar-refractivity contribution is -0.133. The molecular weight excluding hydrogens is 240 g/mol. The van der Waals surface area contributed by atoms with Gasteiger partial charge in [-0.1, -0.05) is 6.92 Å². The second-order valence-corrected chi connectivity index (χ2v) is 5.56. The number of rotatable bonds is 4. The van der Waals surface area contributed by atoms with Gasteiger partial charge in [0.05, 0.1) is 17.7 Å². The van der Waals surface area contributed by atoms with Crippen LogP contribution in [0.3, 0.4) is 0 Å². The van der Waals surface area contributed by atoms with Crippen molar-refractivity contribution >= 4 is 5.91 Å². The van der Waals surface area contributed by atoms with Crippen LogP contribution in [0, 0.1) is 11.3 Å². The molecule has 1 aromatic rings. The number of nitrogens with zero attached hydrogens (tertiary/aromatic N) is 2. The molecule has 5 nitrogen and oxygen atoms in total. The Bertz CT molecular complexity index is 413. The Balaban J connectivity index is 1.94. The molecule has 1 aliphatic carbocycles. The highest BCUT2D eigenvalue weighted by molar-refractivity contribution is 5.82. The molecular formula is C14H22N4O. The van der Waals surface area contributed by atoms with E-state index in [0.29, 0.717) is 19.0 Å². The van der Waals surface area contributed by atoms with Gasteiger partial charge in [0.25, 0.3) is 0 Å². The summed E-state index contributed by atoms with van der Waals surface area (Å²) >= 11 is 0. The van der Waals surface area contributed by atoms with E-state index in [2.05, 4.69) is 22.4 Å². The summed E-state index contributed by atoms with van der Waals surface area (Å²) in [5.41, 5.74) is 6.26. The van der Waals surface area contributed by atoms with Crippen molar-refractivity contribution in [3.05, 3.63) is 24.0 Å². The maximum absolute atomic E-state index is 12.4. The van der Waals surface area contributed by atoms with E-state index < -0.39 is 0 Å². The lowest BCUT2D eigenvalue weighted by Crippen LogP contribution is -2.47. The molecule has 0 radical (unpaired) electrons. The first-order chi connectivity index (χ1) is 9.16. The lowest BCUT2D eigenvalue weighted by atomic mass is 9.70. The zero-order valence-electron chi connectivity index (χ0n) is 11.4. The van der Waals surface area contributed by atoms with Gasteiger partial charge in [0.15, 0.2) is 0 Å². The summed E-state index contributed by atoms with van der Waals surface area (Å²) in [5, 5.41) is 10.7. The second-order valence-electron chi connectivity index (χ2n) is 5.56. The SMILES string of the molecule is CC1CCC(CN)(C(=O)NCc2cccnn2)CC1. The number of nitrogens with two attached hydrogens (primary N) is 1. The van der Waals surface area contributed by atoms with E-state index >= 15 is 0 Å². The number of carbonyl (C=O) groups is 1. The molecule has 0 spiro atoms. The van der Waals surface area contributed by atoms with Crippen molar-refractivity contribution in [1.29, 1.82) is 0 Å². The number of carbonyl (C=O) groups excluding carboxylic acids is 1. The molecule has 0 bridgehead atoms. The van der Waals surface area contributed by atoms with Gasteiger partial charge in [0.2, 0.25) is 5.91 Å². The molecule has 1 saturated carbocycles. The Kier molecular flexibility index (Phi) is 4.47. The average molecular weight is 262 g/mol. The van der Waals surface area contributed by atoms with Gasteiger partial charge in [-0.15, -0.1) is 0 Å². The summed E-state index contributed by atoms with van der Waals surface area (Å²) in [6.07, 6.45) is 5.55. The third-order valence-electron chi connectivity index (χ3n) is 4.16. The molecule has 0 saturated heterocycles. The first-order valence-electron chi connectivity index (χ1n) is 6.91. The van der Waals surface area contributed by atoms with Crippen LogP contribution in [0.2, 0.25) is 0 Å². The summed E-state index contributed by atoms with van der Waals surface area (Å²) in [6, 6.07) is 3.67. The van der Waals surface area contributed by atoms with Crippen molar-refractivity contribution in [3.8, 4) is 0 Å². The van der Waals surface area contributed by atoms with Crippen molar-refractivity contribution in [2.24, 2.45) is 17.1 Å².